The molecule has 20 heavy (non-hydrogen) atoms. The van der Waals surface area contributed by atoms with Crippen LogP contribution in [0.4, 0.5) is 17.2 Å². The van der Waals surface area contributed by atoms with Gasteiger partial charge >= 0.3 is 0 Å². The monoisotopic (exact) mass is 291 g/mol. The van der Waals surface area contributed by atoms with Crippen LogP contribution in [0.5, 0.6) is 0 Å². The number of rotatable bonds is 7. The van der Waals surface area contributed by atoms with E-state index in [1.807, 2.05) is 18.2 Å². The summed E-state index contributed by atoms with van der Waals surface area (Å²) in [5.74, 6) is 0.729. The van der Waals surface area contributed by atoms with E-state index >= 15 is 0 Å². The molecule has 3 N–H and O–H groups in total. The quantitative estimate of drug-likeness (QED) is 0.540. The summed E-state index contributed by atoms with van der Waals surface area (Å²) in [6.45, 7) is 1.70. The van der Waals surface area contributed by atoms with Crippen molar-refractivity contribution in [3.8, 4) is 0 Å². The molecule has 0 saturated carbocycles. The van der Waals surface area contributed by atoms with Gasteiger partial charge in [0, 0.05) is 25.8 Å². The van der Waals surface area contributed by atoms with Crippen molar-refractivity contribution in [2.45, 2.75) is 6.42 Å². The van der Waals surface area contributed by atoms with Gasteiger partial charge in [-0.25, -0.2) is 9.97 Å². The van der Waals surface area contributed by atoms with Crippen LogP contribution in [0.1, 0.15) is 6.42 Å². The molecule has 1 heterocycles. The van der Waals surface area contributed by atoms with Crippen LogP contribution in [0.3, 0.4) is 0 Å². The van der Waals surface area contributed by atoms with Crippen LogP contribution in [-0.2, 0) is 0 Å². The van der Waals surface area contributed by atoms with E-state index in [0.717, 1.165) is 36.7 Å². The summed E-state index contributed by atoms with van der Waals surface area (Å²) in [4.78, 5) is 8.11. The molecular weight excluding hydrogens is 274 g/mol. The zero-order valence-electron chi connectivity index (χ0n) is 11.4. The lowest BCUT2D eigenvalue weighted by Crippen LogP contribution is -2.11. The molecule has 0 aliphatic rings. The van der Waals surface area contributed by atoms with E-state index in [1.165, 1.54) is 6.33 Å². The Morgan fingerprint density at radius 3 is 2.55 bits per heavy atom. The molecule has 0 saturated heterocycles. The third kappa shape index (κ3) is 3.99. The summed E-state index contributed by atoms with van der Waals surface area (Å²) >= 11 is 5.98. The van der Waals surface area contributed by atoms with E-state index in [-0.39, 0.29) is 0 Å². The van der Waals surface area contributed by atoms with Crippen molar-refractivity contribution in [1.82, 2.24) is 9.97 Å². The molecule has 0 aliphatic carbocycles. The van der Waals surface area contributed by atoms with E-state index in [1.54, 1.807) is 7.05 Å². The van der Waals surface area contributed by atoms with Crippen LogP contribution in [0.2, 0.25) is 5.15 Å². The Hall–Kier alpha value is -2.01. The highest BCUT2D eigenvalue weighted by molar-refractivity contribution is 6.32. The molecule has 6 heteroatoms. The summed E-state index contributed by atoms with van der Waals surface area (Å²) in [6.07, 6.45) is 2.42. The maximum absolute atomic E-state index is 5.98. The number of anilines is 3. The molecule has 0 bridgehead atoms. The van der Waals surface area contributed by atoms with Gasteiger partial charge in [0.1, 0.15) is 12.0 Å². The number of hydrogen-bond donors (Lipinski definition) is 3. The van der Waals surface area contributed by atoms with E-state index in [4.69, 9.17) is 11.6 Å². The van der Waals surface area contributed by atoms with E-state index in [0.29, 0.717) is 5.15 Å². The third-order valence-electron chi connectivity index (χ3n) is 2.80. The third-order valence-corrected chi connectivity index (χ3v) is 3.09. The van der Waals surface area contributed by atoms with Crippen LogP contribution >= 0.6 is 11.6 Å². The first kappa shape index (κ1) is 14.4. The van der Waals surface area contributed by atoms with Crippen molar-refractivity contribution >= 4 is 28.8 Å². The molecule has 0 radical (unpaired) electrons. The Balaban J connectivity index is 1.75. The van der Waals surface area contributed by atoms with Crippen molar-refractivity contribution in [3.05, 3.63) is 41.8 Å². The smallest absolute Gasteiger partial charge is 0.157 e. The van der Waals surface area contributed by atoms with Crippen molar-refractivity contribution in [3.63, 3.8) is 0 Å². The molecule has 0 amide bonds. The van der Waals surface area contributed by atoms with Gasteiger partial charge in [-0.15, -0.1) is 0 Å². The Morgan fingerprint density at radius 1 is 1.05 bits per heavy atom. The number of nitrogens with one attached hydrogen (secondary N) is 3. The molecule has 0 atom stereocenters. The van der Waals surface area contributed by atoms with Gasteiger partial charge in [-0.2, -0.15) is 0 Å². The fraction of sp³-hybridized carbons (Fsp3) is 0.286. The standard InChI is InChI=1S/C14H18ClN5/c1-16-12-13(15)19-10-20-14(12)18-9-5-8-17-11-6-3-2-4-7-11/h2-4,6-7,10,16-17H,5,8-9H2,1H3,(H,18,19,20). The van der Waals surface area contributed by atoms with Gasteiger partial charge < -0.3 is 16.0 Å². The number of benzene rings is 1. The second kappa shape index (κ2) is 7.55. The molecule has 0 unspecified atom stereocenters. The summed E-state index contributed by atoms with van der Waals surface area (Å²) in [6, 6.07) is 10.1. The molecule has 1 aromatic carbocycles. The summed E-state index contributed by atoms with van der Waals surface area (Å²) < 4.78 is 0. The van der Waals surface area contributed by atoms with Gasteiger partial charge in [0.15, 0.2) is 11.0 Å². The second-order valence-corrected chi connectivity index (χ2v) is 4.57. The van der Waals surface area contributed by atoms with Gasteiger partial charge in [-0.3, -0.25) is 0 Å². The first-order valence-corrected chi connectivity index (χ1v) is 6.90. The minimum Gasteiger partial charge on any atom is -0.385 e. The molecule has 0 spiro atoms. The van der Waals surface area contributed by atoms with Crippen molar-refractivity contribution < 1.29 is 0 Å². The van der Waals surface area contributed by atoms with Crippen molar-refractivity contribution in [2.75, 3.05) is 36.1 Å². The minimum atomic E-state index is 0.424. The largest absolute Gasteiger partial charge is 0.385 e. The highest BCUT2D eigenvalue weighted by Crippen LogP contribution is 2.24. The highest BCUT2D eigenvalue weighted by atomic mass is 35.5. The van der Waals surface area contributed by atoms with E-state index in [2.05, 4.69) is 38.1 Å². The Morgan fingerprint density at radius 2 is 1.80 bits per heavy atom. The summed E-state index contributed by atoms with van der Waals surface area (Å²) in [7, 11) is 1.80. The normalized spacial score (nSPS) is 10.1. The lowest BCUT2D eigenvalue weighted by Gasteiger charge is -2.11. The molecule has 2 rings (SSSR count). The predicted molar refractivity (Wildman–Crippen MR) is 84.6 cm³/mol. The van der Waals surface area contributed by atoms with Gasteiger partial charge in [0.25, 0.3) is 0 Å². The predicted octanol–water partition coefficient (Wildman–Crippen LogP) is 3.09. The average Bonchev–Trinajstić information content (AvgIpc) is 2.48. The maximum atomic E-state index is 5.98. The molecule has 1 aromatic heterocycles. The van der Waals surface area contributed by atoms with Gasteiger partial charge in [0.05, 0.1) is 0 Å². The van der Waals surface area contributed by atoms with Gasteiger partial charge in [0.2, 0.25) is 0 Å². The number of para-hydroxylation sites is 1. The van der Waals surface area contributed by atoms with Crippen molar-refractivity contribution in [2.24, 2.45) is 0 Å². The zero-order valence-corrected chi connectivity index (χ0v) is 12.1. The first-order chi connectivity index (χ1) is 9.81. The lowest BCUT2D eigenvalue weighted by atomic mass is 10.3. The number of hydrogen-bond acceptors (Lipinski definition) is 5. The Bertz CT molecular complexity index is 532. The van der Waals surface area contributed by atoms with Gasteiger partial charge in [-0.05, 0) is 18.6 Å². The molecule has 0 aliphatic heterocycles. The fourth-order valence-corrected chi connectivity index (χ4v) is 2.03. The minimum absolute atomic E-state index is 0.424. The van der Waals surface area contributed by atoms with Crippen LogP contribution in [0.15, 0.2) is 36.7 Å². The SMILES string of the molecule is CNc1c(Cl)ncnc1NCCCNc1ccccc1. The van der Waals surface area contributed by atoms with Crippen molar-refractivity contribution in [1.29, 1.82) is 0 Å². The van der Waals surface area contributed by atoms with Crippen LogP contribution in [0, 0.1) is 0 Å². The first-order valence-electron chi connectivity index (χ1n) is 6.52. The van der Waals surface area contributed by atoms with Crippen LogP contribution < -0.4 is 16.0 Å². The fourth-order valence-electron chi connectivity index (χ4n) is 1.80. The summed E-state index contributed by atoms with van der Waals surface area (Å²) in [5, 5.41) is 10.0. The van der Waals surface area contributed by atoms with E-state index < -0.39 is 0 Å². The highest BCUT2D eigenvalue weighted by Gasteiger charge is 2.06. The van der Waals surface area contributed by atoms with Gasteiger partial charge in [-0.1, -0.05) is 29.8 Å². The zero-order chi connectivity index (χ0) is 14.2. The van der Waals surface area contributed by atoms with Crippen LogP contribution in [-0.4, -0.2) is 30.1 Å². The molecular formula is C14H18ClN5. The maximum Gasteiger partial charge on any atom is 0.157 e. The molecule has 5 nitrogen and oxygen atoms in total. The average molecular weight is 292 g/mol. The van der Waals surface area contributed by atoms with E-state index in [9.17, 15) is 0 Å². The summed E-state index contributed by atoms with van der Waals surface area (Å²) in [5.41, 5.74) is 1.86. The topological polar surface area (TPSA) is 61.9 Å². The van der Waals surface area contributed by atoms with Crippen LogP contribution in [0.25, 0.3) is 0 Å². The molecule has 0 fully saturated rings. The number of nitrogens with zero attached hydrogens (tertiary/aromatic N) is 2. The Labute approximate surface area is 123 Å². The molecule has 106 valence electrons. The Kier molecular flexibility index (Phi) is 5.43. The molecule has 2 aromatic rings. The lowest BCUT2D eigenvalue weighted by molar-refractivity contribution is 0.902. The number of aromatic nitrogens is 2. The number of halogens is 1. The second-order valence-electron chi connectivity index (χ2n) is 4.21.